The second-order valence-electron chi connectivity index (χ2n) is 4.59. The molecule has 0 heterocycles. The SMILES string of the molecule is Cc1[c]c(CO)cc(OCCC(C)(C)O)c1. The lowest BCUT2D eigenvalue weighted by atomic mass is 10.1. The van der Waals surface area contributed by atoms with Crippen LogP contribution in [0.15, 0.2) is 12.1 Å². The van der Waals surface area contributed by atoms with Crippen LogP contribution in [0.5, 0.6) is 5.75 Å². The minimum absolute atomic E-state index is 0.0382. The van der Waals surface area contributed by atoms with Crippen LogP contribution in [-0.2, 0) is 6.61 Å². The lowest BCUT2D eigenvalue weighted by molar-refractivity contribution is 0.0553. The fraction of sp³-hybridized carbons (Fsp3) is 0.538. The van der Waals surface area contributed by atoms with Crippen molar-refractivity contribution in [3.63, 3.8) is 0 Å². The van der Waals surface area contributed by atoms with Gasteiger partial charge in [-0.1, -0.05) is 0 Å². The molecule has 0 unspecified atom stereocenters. The zero-order valence-electron chi connectivity index (χ0n) is 10.1. The van der Waals surface area contributed by atoms with Gasteiger partial charge in [0.1, 0.15) is 5.75 Å². The minimum Gasteiger partial charge on any atom is -0.493 e. The smallest absolute Gasteiger partial charge is 0.119 e. The number of ether oxygens (including phenoxy) is 1. The Bertz CT molecular complexity index is 340. The van der Waals surface area contributed by atoms with Crippen molar-refractivity contribution in [1.82, 2.24) is 0 Å². The van der Waals surface area contributed by atoms with Crippen LogP contribution >= 0.6 is 0 Å². The van der Waals surface area contributed by atoms with Crippen LogP contribution in [-0.4, -0.2) is 22.4 Å². The van der Waals surface area contributed by atoms with E-state index in [2.05, 4.69) is 6.07 Å². The molecule has 0 spiro atoms. The predicted molar refractivity (Wildman–Crippen MR) is 62.3 cm³/mol. The van der Waals surface area contributed by atoms with Gasteiger partial charge in [-0.05, 0) is 50.1 Å². The van der Waals surface area contributed by atoms with E-state index < -0.39 is 5.60 Å². The van der Waals surface area contributed by atoms with Crippen molar-refractivity contribution in [2.75, 3.05) is 6.61 Å². The summed E-state index contributed by atoms with van der Waals surface area (Å²) < 4.78 is 5.51. The topological polar surface area (TPSA) is 49.7 Å². The summed E-state index contributed by atoms with van der Waals surface area (Å²) in [5.74, 6) is 0.713. The van der Waals surface area contributed by atoms with Gasteiger partial charge in [-0.15, -0.1) is 0 Å². The Labute approximate surface area is 96.7 Å². The van der Waals surface area contributed by atoms with Crippen LogP contribution in [0.1, 0.15) is 31.4 Å². The fourth-order valence-corrected chi connectivity index (χ4v) is 1.34. The first-order valence-electron chi connectivity index (χ1n) is 5.39. The number of aliphatic hydroxyl groups excluding tert-OH is 1. The molecule has 1 radical (unpaired) electrons. The average molecular weight is 223 g/mol. The third kappa shape index (κ3) is 4.64. The number of hydrogen-bond donors (Lipinski definition) is 2. The van der Waals surface area contributed by atoms with Crippen molar-refractivity contribution >= 4 is 0 Å². The van der Waals surface area contributed by atoms with Crippen molar-refractivity contribution < 1.29 is 14.9 Å². The first-order chi connectivity index (χ1) is 7.40. The standard InChI is InChI=1S/C13H19O3/c1-10-6-11(9-14)8-12(7-10)16-5-4-13(2,3)15/h7-8,14-15H,4-5,9H2,1-3H3. The van der Waals surface area contributed by atoms with Crippen LogP contribution in [0.4, 0.5) is 0 Å². The quantitative estimate of drug-likeness (QED) is 0.800. The third-order valence-corrected chi connectivity index (χ3v) is 2.19. The van der Waals surface area contributed by atoms with E-state index in [1.54, 1.807) is 19.9 Å². The van der Waals surface area contributed by atoms with Gasteiger partial charge in [-0.3, -0.25) is 0 Å². The largest absolute Gasteiger partial charge is 0.493 e. The van der Waals surface area contributed by atoms with Gasteiger partial charge in [0.05, 0.1) is 18.8 Å². The second-order valence-corrected chi connectivity index (χ2v) is 4.59. The summed E-state index contributed by atoms with van der Waals surface area (Å²) in [5.41, 5.74) is 0.943. The Hall–Kier alpha value is -1.06. The van der Waals surface area contributed by atoms with Gasteiger partial charge in [0, 0.05) is 6.42 Å². The molecule has 1 aromatic carbocycles. The van der Waals surface area contributed by atoms with E-state index in [4.69, 9.17) is 9.84 Å². The Morgan fingerprint density at radius 2 is 2.06 bits per heavy atom. The molecule has 0 saturated carbocycles. The highest BCUT2D eigenvalue weighted by Crippen LogP contribution is 2.17. The molecule has 16 heavy (non-hydrogen) atoms. The normalized spacial score (nSPS) is 11.6. The van der Waals surface area contributed by atoms with Crippen LogP contribution in [0.25, 0.3) is 0 Å². The highest BCUT2D eigenvalue weighted by Gasteiger charge is 2.12. The zero-order chi connectivity index (χ0) is 12.2. The number of aliphatic hydroxyl groups is 2. The highest BCUT2D eigenvalue weighted by molar-refractivity contribution is 5.32. The lowest BCUT2D eigenvalue weighted by Gasteiger charge is -2.17. The van der Waals surface area contributed by atoms with E-state index in [9.17, 15) is 5.11 Å². The summed E-state index contributed by atoms with van der Waals surface area (Å²) in [6.07, 6.45) is 0.569. The van der Waals surface area contributed by atoms with E-state index >= 15 is 0 Å². The van der Waals surface area contributed by atoms with E-state index in [-0.39, 0.29) is 6.61 Å². The molecule has 2 N–H and O–H groups in total. The Morgan fingerprint density at radius 3 is 2.62 bits per heavy atom. The molecule has 0 aliphatic carbocycles. The van der Waals surface area contributed by atoms with Crippen LogP contribution in [0.2, 0.25) is 0 Å². The molecule has 0 atom stereocenters. The van der Waals surface area contributed by atoms with Gasteiger partial charge < -0.3 is 14.9 Å². The molecule has 0 aromatic heterocycles. The van der Waals surface area contributed by atoms with Crippen LogP contribution in [0, 0.1) is 13.0 Å². The number of hydrogen-bond acceptors (Lipinski definition) is 3. The van der Waals surface area contributed by atoms with E-state index in [1.165, 1.54) is 0 Å². The summed E-state index contributed by atoms with van der Waals surface area (Å²) in [6.45, 7) is 5.82. The molecule has 3 nitrogen and oxygen atoms in total. The summed E-state index contributed by atoms with van der Waals surface area (Å²) in [4.78, 5) is 0. The molecule has 0 aliphatic rings. The third-order valence-electron chi connectivity index (χ3n) is 2.19. The summed E-state index contributed by atoms with van der Waals surface area (Å²) in [6, 6.07) is 6.65. The van der Waals surface area contributed by atoms with Gasteiger partial charge >= 0.3 is 0 Å². The van der Waals surface area contributed by atoms with E-state index in [1.807, 2.05) is 13.0 Å². The van der Waals surface area contributed by atoms with Crippen molar-refractivity contribution in [2.45, 2.75) is 39.4 Å². The predicted octanol–water partition coefficient (Wildman–Crippen LogP) is 1.83. The van der Waals surface area contributed by atoms with Crippen molar-refractivity contribution in [3.8, 4) is 5.75 Å². The van der Waals surface area contributed by atoms with Crippen molar-refractivity contribution in [2.24, 2.45) is 0 Å². The Balaban J connectivity index is 2.57. The van der Waals surface area contributed by atoms with Crippen LogP contribution < -0.4 is 4.74 Å². The van der Waals surface area contributed by atoms with Gasteiger partial charge in [-0.25, -0.2) is 0 Å². The molecule has 0 aliphatic heterocycles. The first kappa shape index (κ1) is 13.0. The van der Waals surface area contributed by atoms with Gasteiger partial charge in [-0.2, -0.15) is 0 Å². The van der Waals surface area contributed by atoms with Crippen molar-refractivity contribution in [3.05, 3.63) is 29.3 Å². The molecule has 0 saturated heterocycles. The molecular formula is C13H19O3. The molecule has 0 fully saturated rings. The Morgan fingerprint density at radius 1 is 1.38 bits per heavy atom. The van der Waals surface area contributed by atoms with Gasteiger partial charge in [0.15, 0.2) is 0 Å². The maximum Gasteiger partial charge on any atom is 0.119 e. The molecule has 1 rings (SSSR count). The molecule has 0 bridgehead atoms. The molecule has 0 amide bonds. The minimum atomic E-state index is -0.713. The molecular weight excluding hydrogens is 204 g/mol. The molecule has 89 valence electrons. The van der Waals surface area contributed by atoms with Crippen molar-refractivity contribution in [1.29, 1.82) is 0 Å². The summed E-state index contributed by atoms with van der Waals surface area (Å²) >= 11 is 0. The molecule has 3 heteroatoms. The summed E-state index contributed by atoms with van der Waals surface area (Å²) in [7, 11) is 0. The zero-order valence-corrected chi connectivity index (χ0v) is 10.1. The Kier molecular flexibility index (Phi) is 4.33. The maximum absolute atomic E-state index is 9.52. The second kappa shape index (κ2) is 5.32. The monoisotopic (exact) mass is 223 g/mol. The highest BCUT2D eigenvalue weighted by atomic mass is 16.5. The molecule has 1 aromatic rings. The summed E-state index contributed by atoms with van der Waals surface area (Å²) in [5, 5.41) is 18.5. The number of benzene rings is 1. The maximum atomic E-state index is 9.52. The number of rotatable bonds is 5. The first-order valence-corrected chi connectivity index (χ1v) is 5.39. The van der Waals surface area contributed by atoms with Gasteiger partial charge in [0.2, 0.25) is 0 Å². The van der Waals surface area contributed by atoms with Gasteiger partial charge in [0.25, 0.3) is 0 Å². The number of aryl methyl sites for hydroxylation is 1. The average Bonchev–Trinajstić information content (AvgIpc) is 2.14. The van der Waals surface area contributed by atoms with E-state index in [0.717, 1.165) is 11.1 Å². The fourth-order valence-electron chi connectivity index (χ4n) is 1.34. The lowest BCUT2D eigenvalue weighted by Crippen LogP contribution is -2.21. The van der Waals surface area contributed by atoms with E-state index in [0.29, 0.717) is 18.8 Å². The van der Waals surface area contributed by atoms with Crippen LogP contribution in [0.3, 0.4) is 0 Å².